The number of carbonyl (C=O) groups excluding carboxylic acids is 3. The van der Waals surface area contributed by atoms with Crippen molar-refractivity contribution in [2.75, 3.05) is 19.7 Å². The molecule has 192 valence electrons. The number of rotatable bonds is 10. The molecule has 3 rings (SSSR count). The molecule has 7 N–H and O–H groups in total. The van der Waals surface area contributed by atoms with Crippen LogP contribution in [0.1, 0.15) is 12.0 Å². The molecule has 1 saturated heterocycles. The predicted molar refractivity (Wildman–Crippen MR) is 116 cm³/mol. The van der Waals surface area contributed by atoms with Gasteiger partial charge in [0, 0.05) is 13.1 Å². The molecule has 0 saturated carbocycles. The van der Waals surface area contributed by atoms with Gasteiger partial charge in [0.1, 0.15) is 31.5 Å². The number of primary amides is 1. The van der Waals surface area contributed by atoms with Crippen LogP contribution in [0, 0.1) is 0 Å². The molecule has 2 aliphatic heterocycles. The first-order valence-corrected chi connectivity index (χ1v) is 11.0. The predicted octanol–water partition coefficient (Wildman–Crippen LogP) is -3.34. The van der Waals surface area contributed by atoms with E-state index in [1.165, 1.54) is 0 Å². The first-order valence-electron chi connectivity index (χ1n) is 11.0. The Balaban J connectivity index is 1.30. The number of hydrogen-bond donors (Lipinski definition) is 6. The average molecular weight is 495 g/mol. The van der Waals surface area contributed by atoms with Crippen LogP contribution in [0.4, 0.5) is 9.59 Å². The first kappa shape index (κ1) is 26.2. The highest BCUT2D eigenvalue weighted by Crippen LogP contribution is 2.24. The lowest BCUT2D eigenvalue weighted by Crippen LogP contribution is -2.55. The van der Waals surface area contributed by atoms with Gasteiger partial charge in [0.05, 0.1) is 6.23 Å². The summed E-state index contributed by atoms with van der Waals surface area (Å²) in [6.45, 7) is 0.206. The Hall–Kier alpha value is -3.46. The second-order valence-corrected chi connectivity index (χ2v) is 7.93. The monoisotopic (exact) mass is 495 g/mol. The van der Waals surface area contributed by atoms with Gasteiger partial charge >= 0.3 is 12.2 Å². The molecule has 0 aliphatic carbocycles. The van der Waals surface area contributed by atoms with E-state index in [1.807, 2.05) is 30.3 Å². The number of alkyl carbamates (subject to hydrolysis) is 2. The van der Waals surface area contributed by atoms with Crippen molar-refractivity contribution in [3.63, 3.8) is 0 Å². The zero-order valence-corrected chi connectivity index (χ0v) is 18.7. The molecule has 14 heteroatoms. The van der Waals surface area contributed by atoms with Gasteiger partial charge in [-0.05, 0) is 12.0 Å². The third-order valence-electron chi connectivity index (χ3n) is 5.40. The number of nitrogens with two attached hydrogens (primary N) is 1. The van der Waals surface area contributed by atoms with Gasteiger partial charge in [-0.1, -0.05) is 30.3 Å². The van der Waals surface area contributed by atoms with Crippen molar-refractivity contribution in [1.82, 2.24) is 16.0 Å². The lowest BCUT2D eigenvalue weighted by Gasteiger charge is -2.25. The molecule has 0 bridgehead atoms. The highest BCUT2D eigenvalue weighted by Gasteiger charge is 2.50. The zero-order chi connectivity index (χ0) is 25.4. The summed E-state index contributed by atoms with van der Waals surface area (Å²) in [5.74, 6) is -0.868. The maximum atomic E-state index is 12.3. The molecule has 6 atom stereocenters. The van der Waals surface area contributed by atoms with Crippen molar-refractivity contribution in [2.45, 2.75) is 49.8 Å². The molecule has 2 aliphatic rings. The van der Waals surface area contributed by atoms with E-state index in [9.17, 15) is 29.7 Å². The second kappa shape index (κ2) is 12.3. The minimum absolute atomic E-state index is 0.148. The lowest BCUT2D eigenvalue weighted by molar-refractivity contribution is -0.761. The summed E-state index contributed by atoms with van der Waals surface area (Å²) in [5, 5.41) is 40.2. The lowest BCUT2D eigenvalue weighted by atomic mass is 10.1. The van der Waals surface area contributed by atoms with Gasteiger partial charge in [-0.2, -0.15) is 0 Å². The molecule has 2 unspecified atom stereocenters. The standard InChI is InChI=1S/C21H28N5O9/c22-17(29)14-18(30)26(11-25-14)19-16(28)15(27)13(35-19)10-34-21(32)24-8-4-7-23-20(31)33-9-12-5-2-1-3-6-12/h1-3,5-6,11,13-16,18-19,27-28H,4,7-10H2,(H4,22,23,24,29,31,32)/q-1/p+1/t13-,14?,15-,16-,18?,19-/m1/s1. The summed E-state index contributed by atoms with van der Waals surface area (Å²) in [4.78, 5) is 34.8. The van der Waals surface area contributed by atoms with Gasteiger partial charge in [0.2, 0.25) is 12.6 Å². The quantitative estimate of drug-likeness (QED) is 0.140. The van der Waals surface area contributed by atoms with Crippen LogP contribution in [0.2, 0.25) is 0 Å². The Labute approximate surface area is 200 Å². The van der Waals surface area contributed by atoms with E-state index in [-0.39, 0.29) is 19.7 Å². The number of aliphatic hydroxyl groups excluding tert-OH is 2. The Morgan fingerprint density at radius 2 is 1.74 bits per heavy atom. The van der Waals surface area contributed by atoms with Crippen LogP contribution in [0.3, 0.4) is 0 Å². The maximum Gasteiger partial charge on any atom is 0.407 e. The number of amides is 3. The number of nitrogens with zero attached hydrogens (tertiary/aromatic N) is 1. The molecule has 2 heterocycles. The number of nitrogens with one attached hydrogen (secondary N) is 3. The fourth-order valence-electron chi connectivity index (χ4n) is 3.50. The molecule has 1 fully saturated rings. The van der Waals surface area contributed by atoms with Crippen molar-refractivity contribution in [2.24, 2.45) is 5.73 Å². The van der Waals surface area contributed by atoms with Crippen LogP contribution in [0.5, 0.6) is 0 Å². The van der Waals surface area contributed by atoms with Crippen molar-refractivity contribution in [3.8, 4) is 0 Å². The highest BCUT2D eigenvalue weighted by atomic mass is 16.6. The van der Waals surface area contributed by atoms with Crippen LogP contribution >= 0.6 is 0 Å². The Morgan fingerprint density at radius 3 is 2.37 bits per heavy atom. The topological polar surface area (TPSA) is 208 Å². The summed E-state index contributed by atoms with van der Waals surface area (Å²) in [7, 11) is 0. The smallest absolute Gasteiger partial charge is 0.407 e. The van der Waals surface area contributed by atoms with Gasteiger partial charge in [-0.25, -0.2) is 14.2 Å². The number of carbonyl (C=O) groups is 3. The van der Waals surface area contributed by atoms with E-state index >= 15 is 0 Å². The first-order chi connectivity index (χ1) is 16.8. The van der Waals surface area contributed by atoms with Gasteiger partial charge < -0.3 is 45.9 Å². The molecular formula is C21H29N5O9. The Morgan fingerprint density at radius 1 is 1.09 bits per heavy atom. The molecule has 0 aromatic heterocycles. The van der Waals surface area contributed by atoms with E-state index in [4.69, 9.17) is 19.9 Å². The number of aliphatic hydroxyl groups is 2. The average Bonchev–Trinajstić information content (AvgIpc) is 3.36. The normalized spacial score (nSPS) is 27.5. The third-order valence-corrected chi connectivity index (χ3v) is 5.40. The molecule has 0 spiro atoms. The fourth-order valence-corrected chi connectivity index (χ4v) is 3.50. The fraction of sp³-hybridized carbons (Fsp3) is 0.524. The van der Waals surface area contributed by atoms with Crippen LogP contribution < -0.4 is 26.8 Å². The van der Waals surface area contributed by atoms with Gasteiger partial charge in [0.15, 0.2) is 6.04 Å². The van der Waals surface area contributed by atoms with Crippen molar-refractivity contribution in [1.29, 1.82) is 0 Å². The second-order valence-electron chi connectivity index (χ2n) is 7.93. The van der Waals surface area contributed by atoms with Crippen molar-refractivity contribution < 1.29 is 48.5 Å². The van der Waals surface area contributed by atoms with E-state index < -0.39 is 61.5 Å². The minimum atomic E-state index is -1.66. The van der Waals surface area contributed by atoms with E-state index in [2.05, 4.69) is 16.0 Å². The summed E-state index contributed by atoms with van der Waals surface area (Å²) < 4.78 is 16.6. The summed E-state index contributed by atoms with van der Waals surface area (Å²) >= 11 is 0. The molecular weight excluding hydrogens is 466 g/mol. The molecule has 1 aromatic rings. The molecule has 0 radical (unpaired) electrons. The van der Waals surface area contributed by atoms with Crippen LogP contribution in [-0.2, 0) is 25.6 Å². The van der Waals surface area contributed by atoms with Gasteiger partial charge in [-0.15, -0.1) is 0 Å². The summed E-state index contributed by atoms with van der Waals surface area (Å²) in [6, 6.07) is 7.99. The van der Waals surface area contributed by atoms with Crippen molar-refractivity contribution in [3.05, 3.63) is 35.9 Å². The van der Waals surface area contributed by atoms with E-state index in [0.29, 0.717) is 6.42 Å². The van der Waals surface area contributed by atoms with Crippen molar-refractivity contribution >= 4 is 24.4 Å². The summed E-state index contributed by atoms with van der Waals surface area (Å²) in [6.07, 6.45) is -6.75. The molecule has 14 nitrogen and oxygen atoms in total. The number of benzene rings is 1. The van der Waals surface area contributed by atoms with Gasteiger partial charge in [-0.3, -0.25) is 10.1 Å². The minimum Gasteiger partial charge on any atom is -0.814 e. The summed E-state index contributed by atoms with van der Waals surface area (Å²) in [5.41, 5.74) is 6.00. The number of hydrogen-bond acceptors (Lipinski definition) is 10. The van der Waals surface area contributed by atoms with E-state index in [0.717, 1.165) is 16.5 Å². The largest absolute Gasteiger partial charge is 0.814 e. The molecule has 35 heavy (non-hydrogen) atoms. The van der Waals surface area contributed by atoms with Gasteiger partial charge in [0.25, 0.3) is 5.91 Å². The highest BCUT2D eigenvalue weighted by molar-refractivity contribution is 5.83. The Bertz CT molecular complexity index is 916. The van der Waals surface area contributed by atoms with Crippen LogP contribution in [-0.4, -0.2) is 95.7 Å². The Kier molecular flexibility index (Phi) is 9.19. The van der Waals surface area contributed by atoms with E-state index in [1.54, 1.807) is 0 Å². The SMILES string of the molecule is NC(=O)C1NC=[N+]([C@@H]2O[C@H](COC(=O)NCCCNC(=O)OCc3ccccc3)[C@@H](O)[C@H]2O)C1[O-]. The van der Waals surface area contributed by atoms with Crippen LogP contribution in [0.15, 0.2) is 30.3 Å². The maximum absolute atomic E-state index is 12.3. The van der Waals surface area contributed by atoms with Crippen LogP contribution in [0.25, 0.3) is 0 Å². The molecule has 1 aromatic carbocycles. The third kappa shape index (κ3) is 7.02. The molecule has 3 amide bonds. The number of ether oxygens (including phenoxy) is 3. The zero-order valence-electron chi connectivity index (χ0n) is 18.7.